The molecule has 0 saturated heterocycles. The molecule has 0 bridgehead atoms. The number of ether oxygens (including phenoxy) is 1. The Morgan fingerprint density at radius 3 is 2.19 bits per heavy atom. The number of nitrogens with zero attached hydrogens (tertiary/aromatic N) is 2. The molecule has 2 heterocycles. The maximum atomic E-state index is 12.4. The molecule has 0 aliphatic rings. The van der Waals surface area contributed by atoms with E-state index in [0.717, 1.165) is 24.4 Å². The van der Waals surface area contributed by atoms with Crippen molar-refractivity contribution in [3.63, 3.8) is 0 Å². The molecule has 0 atom stereocenters. The van der Waals surface area contributed by atoms with Crippen molar-refractivity contribution in [1.82, 2.24) is 9.97 Å². The van der Waals surface area contributed by atoms with Gasteiger partial charge < -0.3 is 4.74 Å². The van der Waals surface area contributed by atoms with E-state index in [4.69, 9.17) is 4.74 Å². The van der Waals surface area contributed by atoms with Gasteiger partial charge in [0.05, 0.1) is 6.20 Å². The summed E-state index contributed by atoms with van der Waals surface area (Å²) in [6.07, 6.45) is -8.56. The highest BCUT2D eigenvalue weighted by molar-refractivity contribution is 5.27. The van der Waals surface area contributed by atoms with Crippen LogP contribution in [0, 0.1) is 6.07 Å². The molecule has 0 N–H and O–H groups in total. The summed E-state index contributed by atoms with van der Waals surface area (Å²) in [5, 5.41) is 0. The minimum Gasteiger partial charge on any atom is -0.437 e. The molecule has 0 fully saturated rings. The molecular weight excluding hydrogens is 302 g/mol. The Kier molecular flexibility index (Phi) is 3.75. The third-order valence-corrected chi connectivity index (χ3v) is 2.19. The Hall–Kier alpha value is -2.32. The van der Waals surface area contributed by atoms with E-state index in [1.54, 1.807) is 0 Å². The molecule has 0 saturated carbocycles. The van der Waals surface area contributed by atoms with Gasteiger partial charge in [-0.05, 0) is 18.2 Å². The van der Waals surface area contributed by atoms with Gasteiger partial charge in [-0.1, -0.05) is 0 Å². The molecule has 111 valence electrons. The van der Waals surface area contributed by atoms with Crippen LogP contribution in [0.3, 0.4) is 0 Å². The molecule has 2 aromatic rings. The number of aromatic nitrogens is 2. The minimum atomic E-state index is -4.70. The van der Waals surface area contributed by atoms with Crippen molar-refractivity contribution < 1.29 is 31.1 Å². The topological polar surface area (TPSA) is 35.0 Å². The maximum absolute atomic E-state index is 12.4. The molecule has 0 unspecified atom stereocenters. The highest BCUT2D eigenvalue weighted by atomic mass is 19.4. The predicted molar refractivity (Wildman–Crippen MR) is 57.4 cm³/mol. The van der Waals surface area contributed by atoms with Crippen molar-refractivity contribution in [2.24, 2.45) is 0 Å². The van der Waals surface area contributed by atoms with Crippen molar-refractivity contribution in [3.05, 3.63) is 47.9 Å². The van der Waals surface area contributed by atoms with E-state index in [9.17, 15) is 26.3 Å². The fourth-order valence-corrected chi connectivity index (χ4v) is 1.30. The Balaban J connectivity index is 2.19. The highest BCUT2D eigenvalue weighted by Gasteiger charge is 2.33. The Morgan fingerprint density at radius 2 is 1.67 bits per heavy atom. The van der Waals surface area contributed by atoms with Crippen LogP contribution in [0.15, 0.2) is 30.5 Å². The van der Waals surface area contributed by atoms with Crippen LogP contribution in [0.25, 0.3) is 0 Å². The quantitative estimate of drug-likeness (QED) is 0.783. The summed E-state index contributed by atoms with van der Waals surface area (Å²) in [7, 11) is 0. The van der Waals surface area contributed by atoms with Crippen LogP contribution in [-0.2, 0) is 12.4 Å². The summed E-state index contributed by atoms with van der Waals surface area (Å²) in [5.41, 5.74) is -2.43. The summed E-state index contributed by atoms with van der Waals surface area (Å²) in [4.78, 5) is 6.27. The van der Waals surface area contributed by atoms with Crippen molar-refractivity contribution in [2.45, 2.75) is 12.4 Å². The highest BCUT2D eigenvalue weighted by Crippen LogP contribution is 2.31. The molecule has 0 aliphatic heterocycles. The Labute approximate surface area is 114 Å². The van der Waals surface area contributed by atoms with Crippen molar-refractivity contribution in [3.8, 4) is 11.6 Å². The molecule has 0 spiro atoms. The second kappa shape index (κ2) is 5.23. The lowest BCUT2D eigenvalue weighted by atomic mass is 10.3. The summed E-state index contributed by atoms with van der Waals surface area (Å²) in [5.74, 6) is -0.600. The lowest BCUT2D eigenvalue weighted by Crippen LogP contribution is -2.09. The number of alkyl halides is 6. The number of hydrogen-bond donors (Lipinski definition) is 0. The van der Waals surface area contributed by atoms with Gasteiger partial charge in [0.1, 0.15) is 11.4 Å². The van der Waals surface area contributed by atoms with Crippen LogP contribution in [0.2, 0.25) is 0 Å². The summed E-state index contributed by atoms with van der Waals surface area (Å²) in [6.45, 7) is 0. The smallest absolute Gasteiger partial charge is 0.434 e. The standard InChI is InChI=1S/C12H5F6N2O/c13-11(14,15)8-5-4-7(6-19-8)21-10-3-1-2-9(20-10)12(16,17)18/h1,3-6H. The predicted octanol–water partition coefficient (Wildman–Crippen LogP) is 4.11. The summed E-state index contributed by atoms with van der Waals surface area (Å²) in [6, 6.07) is 5.50. The fraction of sp³-hybridized carbons (Fsp3) is 0.167. The summed E-state index contributed by atoms with van der Waals surface area (Å²) < 4.78 is 79.0. The van der Waals surface area contributed by atoms with Gasteiger partial charge in [-0.3, -0.25) is 0 Å². The average molecular weight is 307 g/mol. The van der Waals surface area contributed by atoms with Crippen molar-refractivity contribution >= 4 is 0 Å². The van der Waals surface area contributed by atoms with Gasteiger partial charge >= 0.3 is 12.4 Å². The van der Waals surface area contributed by atoms with E-state index < -0.39 is 29.6 Å². The van der Waals surface area contributed by atoms with Crippen LogP contribution >= 0.6 is 0 Å². The van der Waals surface area contributed by atoms with Gasteiger partial charge in [-0.2, -0.15) is 26.3 Å². The average Bonchev–Trinajstić information content (AvgIpc) is 2.37. The molecular formula is C12H5F6N2O. The molecule has 9 heteroatoms. The largest absolute Gasteiger partial charge is 0.437 e. The number of rotatable bonds is 2. The third kappa shape index (κ3) is 3.83. The van der Waals surface area contributed by atoms with E-state index in [2.05, 4.69) is 9.97 Å². The molecule has 21 heavy (non-hydrogen) atoms. The van der Waals surface area contributed by atoms with Gasteiger partial charge in [0.15, 0.2) is 5.69 Å². The number of hydrogen-bond acceptors (Lipinski definition) is 3. The number of pyridine rings is 2. The third-order valence-electron chi connectivity index (χ3n) is 2.19. The zero-order valence-corrected chi connectivity index (χ0v) is 9.96. The van der Waals surface area contributed by atoms with Crippen LogP contribution in [0.5, 0.6) is 11.6 Å². The van der Waals surface area contributed by atoms with E-state index in [1.165, 1.54) is 0 Å². The van der Waals surface area contributed by atoms with Gasteiger partial charge in [-0.15, -0.1) is 0 Å². The van der Waals surface area contributed by atoms with Crippen molar-refractivity contribution in [2.75, 3.05) is 0 Å². The monoisotopic (exact) mass is 307 g/mol. The second-order valence-electron chi connectivity index (χ2n) is 3.75. The number of halogens is 6. The second-order valence-corrected chi connectivity index (χ2v) is 3.75. The molecule has 0 aromatic carbocycles. The van der Waals surface area contributed by atoms with Gasteiger partial charge in [-0.25, -0.2) is 9.97 Å². The molecule has 0 aliphatic carbocycles. The first-order valence-electron chi connectivity index (χ1n) is 5.33. The fourth-order valence-electron chi connectivity index (χ4n) is 1.30. The lowest BCUT2D eigenvalue weighted by Gasteiger charge is -2.09. The Bertz CT molecular complexity index is 621. The van der Waals surface area contributed by atoms with Crippen LogP contribution in [0.1, 0.15) is 11.4 Å². The van der Waals surface area contributed by atoms with E-state index in [-0.39, 0.29) is 5.75 Å². The zero-order chi connectivity index (χ0) is 15.7. The molecule has 2 aromatic heterocycles. The molecule has 1 radical (unpaired) electrons. The molecule has 2 rings (SSSR count). The Morgan fingerprint density at radius 1 is 0.952 bits per heavy atom. The van der Waals surface area contributed by atoms with E-state index >= 15 is 0 Å². The summed E-state index contributed by atoms with van der Waals surface area (Å²) >= 11 is 0. The minimum absolute atomic E-state index is 0.171. The van der Waals surface area contributed by atoms with Crippen LogP contribution in [-0.4, -0.2) is 9.97 Å². The molecule has 3 nitrogen and oxygen atoms in total. The van der Waals surface area contributed by atoms with Crippen LogP contribution in [0.4, 0.5) is 26.3 Å². The first-order chi connectivity index (χ1) is 9.66. The normalized spacial score (nSPS) is 12.3. The maximum Gasteiger partial charge on any atom is 0.434 e. The lowest BCUT2D eigenvalue weighted by molar-refractivity contribution is -0.142. The van der Waals surface area contributed by atoms with E-state index in [1.807, 2.05) is 6.07 Å². The zero-order valence-electron chi connectivity index (χ0n) is 9.96. The van der Waals surface area contributed by atoms with Gasteiger partial charge in [0, 0.05) is 12.1 Å². The van der Waals surface area contributed by atoms with Crippen LogP contribution < -0.4 is 4.74 Å². The van der Waals surface area contributed by atoms with Gasteiger partial charge in [0.25, 0.3) is 0 Å². The first kappa shape index (κ1) is 15.1. The molecule has 0 amide bonds. The van der Waals surface area contributed by atoms with Gasteiger partial charge in [0.2, 0.25) is 5.88 Å². The van der Waals surface area contributed by atoms with E-state index in [0.29, 0.717) is 6.07 Å². The van der Waals surface area contributed by atoms with Crippen molar-refractivity contribution in [1.29, 1.82) is 0 Å². The SMILES string of the molecule is FC(F)(F)c1[c]ccc(Oc2ccc(C(F)(F)F)nc2)n1. The first-order valence-corrected chi connectivity index (χ1v) is 5.33.